The van der Waals surface area contributed by atoms with Crippen LogP contribution in [0.2, 0.25) is 0 Å². The molecule has 4 aliphatic rings. The van der Waals surface area contributed by atoms with E-state index in [1.165, 1.54) is 19.3 Å². The fourth-order valence-corrected chi connectivity index (χ4v) is 6.56. The standard InChI is InChI=1S/C24H29N3O/c1-16-8-21(17(2)27(16)22-6-4-3-5-7-22)15-25-26-23(28)24-12-18-9-19(13-24)11-20(10-18)14-24/h3-8,15,18-20H,9-14H2,1-2H3,(H,26,28)/b25-15-. The molecule has 0 spiro atoms. The van der Waals surface area contributed by atoms with Crippen molar-refractivity contribution in [1.82, 2.24) is 9.99 Å². The summed E-state index contributed by atoms with van der Waals surface area (Å²) < 4.78 is 2.22. The van der Waals surface area contributed by atoms with Gasteiger partial charge in [0.15, 0.2) is 0 Å². The van der Waals surface area contributed by atoms with E-state index < -0.39 is 0 Å². The Hall–Kier alpha value is -2.36. The quantitative estimate of drug-likeness (QED) is 0.608. The minimum atomic E-state index is -0.146. The topological polar surface area (TPSA) is 46.4 Å². The average Bonchev–Trinajstić information content (AvgIpc) is 2.95. The number of rotatable bonds is 4. The highest BCUT2D eigenvalue weighted by atomic mass is 16.2. The van der Waals surface area contributed by atoms with Crippen molar-refractivity contribution in [2.75, 3.05) is 0 Å². The number of carbonyl (C=O) groups is 1. The van der Waals surface area contributed by atoms with Crippen molar-refractivity contribution < 1.29 is 4.79 Å². The van der Waals surface area contributed by atoms with Crippen LogP contribution >= 0.6 is 0 Å². The lowest BCUT2D eigenvalue weighted by Gasteiger charge is -2.55. The Morgan fingerprint density at radius 1 is 1.07 bits per heavy atom. The monoisotopic (exact) mass is 375 g/mol. The van der Waals surface area contributed by atoms with Crippen LogP contribution in [0.1, 0.15) is 55.5 Å². The molecule has 4 aliphatic carbocycles. The Labute approximate surface area is 167 Å². The third kappa shape index (κ3) is 2.90. The molecule has 4 bridgehead atoms. The summed E-state index contributed by atoms with van der Waals surface area (Å²) in [6, 6.07) is 12.5. The van der Waals surface area contributed by atoms with Crippen molar-refractivity contribution in [2.24, 2.45) is 28.3 Å². The van der Waals surface area contributed by atoms with Crippen molar-refractivity contribution in [3.8, 4) is 5.69 Å². The molecule has 4 heteroatoms. The summed E-state index contributed by atoms with van der Waals surface area (Å²) in [5, 5.41) is 4.37. The largest absolute Gasteiger partial charge is 0.318 e. The van der Waals surface area contributed by atoms with Gasteiger partial charge in [0.1, 0.15) is 0 Å². The second-order valence-electron chi connectivity index (χ2n) is 9.39. The zero-order valence-corrected chi connectivity index (χ0v) is 16.8. The Morgan fingerprint density at radius 3 is 2.29 bits per heavy atom. The van der Waals surface area contributed by atoms with Gasteiger partial charge < -0.3 is 4.57 Å². The number of nitrogens with one attached hydrogen (secondary N) is 1. The van der Waals surface area contributed by atoms with Crippen molar-refractivity contribution >= 4 is 12.1 Å². The van der Waals surface area contributed by atoms with Gasteiger partial charge in [0.25, 0.3) is 0 Å². The summed E-state index contributed by atoms with van der Waals surface area (Å²) >= 11 is 0. The molecule has 0 aliphatic heterocycles. The molecule has 4 nitrogen and oxygen atoms in total. The van der Waals surface area contributed by atoms with E-state index in [1.54, 1.807) is 6.21 Å². The van der Waals surface area contributed by atoms with E-state index in [-0.39, 0.29) is 11.3 Å². The van der Waals surface area contributed by atoms with Crippen LogP contribution in [0.15, 0.2) is 41.5 Å². The molecule has 0 radical (unpaired) electrons. The lowest BCUT2D eigenvalue weighted by atomic mass is 9.49. The van der Waals surface area contributed by atoms with Gasteiger partial charge in [0, 0.05) is 22.6 Å². The highest BCUT2D eigenvalue weighted by Gasteiger charge is 2.54. The number of hydrazone groups is 1. The highest BCUT2D eigenvalue weighted by Crippen LogP contribution is 2.60. The lowest BCUT2D eigenvalue weighted by Crippen LogP contribution is -2.52. The van der Waals surface area contributed by atoms with Crippen LogP contribution in [0, 0.1) is 37.0 Å². The predicted octanol–water partition coefficient (Wildman–Crippen LogP) is 4.76. The third-order valence-electron chi connectivity index (χ3n) is 7.37. The molecular weight excluding hydrogens is 346 g/mol. The van der Waals surface area contributed by atoms with Gasteiger partial charge in [-0.2, -0.15) is 5.10 Å². The van der Waals surface area contributed by atoms with Crippen LogP contribution in [0.4, 0.5) is 0 Å². The van der Waals surface area contributed by atoms with E-state index in [9.17, 15) is 4.79 Å². The van der Waals surface area contributed by atoms with Gasteiger partial charge in [0.2, 0.25) is 5.91 Å². The molecule has 146 valence electrons. The Morgan fingerprint density at radius 2 is 1.68 bits per heavy atom. The number of hydrogen-bond acceptors (Lipinski definition) is 2. The molecule has 28 heavy (non-hydrogen) atoms. The Bertz CT molecular complexity index is 890. The molecule has 2 aromatic rings. The van der Waals surface area contributed by atoms with Gasteiger partial charge in [-0.15, -0.1) is 0 Å². The number of para-hydroxylation sites is 1. The van der Waals surface area contributed by atoms with Crippen LogP contribution in [-0.2, 0) is 4.79 Å². The fraction of sp³-hybridized carbons (Fsp3) is 0.500. The molecule has 1 amide bonds. The van der Waals surface area contributed by atoms with Crippen LogP contribution < -0.4 is 5.43 Å². The molecule has 0 saturated heterocycles. The van der Waals surface area contributed by atoms with Gasteiger partial charge in [-0.3, -0.25) is 4.79 Å². The second kappa shape index (κ2) is 6.61. The molecule has 4 saturated carbocycles. The lowest BCUT2D eigenvalue weighted by molar-refractivity contribution is -0.146. The number of amides is 1. The SMILES string of the molecule is Cc1cc(/C=N\NC(=O)C23CC4CC(CC(C4)C2)C3)c(C)n1-c1ccccc1. The minimum absolute atomic E-state index is 0.146. The van der Waals surface area contributed by atoms with Crippen LogP contribution in [-0.4, -0.2) is 16.7 Å². The zero-order valence-electron chi connectivity index (χ0n) is 16.8. The zero-order chi connectivity index (χ0) is 19.3. The highest BCUT2D eigenvalue weighted by molar-refractivity contribution is 5.86. The number of aryl methyl sites for hydroxylation is 1. The third-order valence-corrected chi connectivity index (χ3v) is 7.37. The van der Waals surface area contributed by atoms with Gasteiger partial charge in [-0.25, -0.2) is 5.43 Å². The molecule has 1 aromatic heterocycles. The van der Waals surface area contributed by atoms with Crippen molar-refractivity contribution in [3.05, 3.63) is 53.3 Å². The second-order valence-corrected chi connectivity index (χ2v) is 9.39. The molecular formula is C24H29N3O. The van der Waals surface area contributed by atoms with Crippen LogP contribution in [0.5, 0.6) is 0 Å². The molecule has 1 heterocycles. The first-order valence-corrected chi connectivity index (χ1v) is 10.6. The van der Waals surface area contributed by atoms with Crippen molar-refractivity contribution in [1.29, 1.82) is 0 Å². The van der Waals surface area contributed by atoms with E-state index in [0.29, 0.717) is 0 Å². The number of aromatic nitrogens is 1. The van der Waals surface area contributed by atoms with Crippen LogP contribution in [0.3, 0.4) is 0 Å². The van der Waals surface area contributed by atoms with Gasteiger partial charge in [-0.1, -0.05) is 18.2 Å². The van der Waals surface area contributed by atoms with Crippen molar-refractivity contribution in [3.63, 3.8) is 0 Å². The maximum Gasteiger partial charge on any atom is 0.246 e. The van der Waals surface area contributed by atoms with E-state index in [1.807, 2.05) is 18.2 Å². The maximum absolute atomic E-state index is 13.0. The summed E-state index contributed by atoms with van der Waals surface area (Å²) in [6.45, 7) is 4.20. The molecule has 1 N–H and O–H groups in total. The van der Waals surface area contributed by atoms with Gasteiger partial charge >= 0.3 is 0 Å². The smallest absolute Gasteiger partial charge is 0.246 e. The molecule has 6 rings (SSSR count). The normalized spacial score (nSPS) is 30.9. The number of nitrogens with zero attached hydrogens (tertiary/aromatic N) is 2. The average molecular weight is 376 g/mol. The Kier molecular flexibility index (Phi) is 4.18. The molecule has 0 unspecified atom stereocenters. The van der Waals surface area contributed by atoms with E-state index in [4.69, 9.17) is 0 Å². The summed E-state index contributed by atoms with van der Waals surface area (Å²) in [7, 11) is 0. The summed E-state index contributed by atoms with van der Waals surface area (Å²) in [6.07, 6.45) is 9.07. The summed E-state index contributed by atoms with van der Waals surface area (Å²) in [5.41, 5.74) is 7.26. The molecule has 4 fully saturated rings. The maximum atomic E-state index is 13.0. The molecule has 1 aromatic carbocycles. The van der Waals surface area contributed by atoms with Gasteiger partial charge in [0.05, 0.1) is 11.6 Å². The number of carbonyl (C=O) groups excluding carboxylic acids is 1. The van der Waals surface area contributed by atoms with Crippen LogP contribution in [0.25, 0.3) is 5.69 Å². The van der Waals surface area contributed by atoms with E-state index in [2.05, 4.69) is 47.1 Å². The Balaban J connectivity index is 1.32. The predicted molar refractivity (Wildman–Crippen MR) is 112 cm³/mol. The minimum Gasteiger partial charge on any atom is -0.318 e. The fourth-order valence-electron chi connectivity index (χ4n) is 6.56. The molecule has 0 atom stereocenters. The first kappa shape index (κ1) is 17.7. The van der Waals surface area contributed by atoms with Gasteiger partial charge in [-0.05, 0) is 88.3 Å². The summed E-state index contributed by atoms with van der Waals surface area (Å²) in [4.78, 5) is 13.0. The van der Waals surface area contributed by atoms with E-state index in [0.717, 1.165) is 59.7 Å². The van der Waals surface area contributed by atoms with E-state index >= 15 is 0 Å². The number of benzene rings is 1. The summed E-state index contributed by atoms with van der Waals surface area (Å²) in [5.74, 6) is 2.46. The first-order valence-electron chi connectivity index (χ1n) is 10.6. The van der Waals surface area contributed by atoms with Crippen molar-refractivity contribution in [2.45, 2.75) is 52.4 Å². The first-order chi connectivity index (χ1) is 13.5. The number of hydrogen-bond donors (Lipinski definition) is 1.